The van der Waals surface area contributed by atoms with Crippen LogP contribution in [0, 0.1) is 0 Å². The molecule has 0 fully saturated rings. The van der Waals surface area contributed by atoms with Gasteiger partial charge in [0.2, 0.25) is 0 Å². The van der Waals surface area contributed by atoms with Crippen LogP contribution in [0.3, 0.4) is 0 Å². The Bertz CT molecular complexity index is 314. The molecule has 1 N–H and O–H groups in total. The zero-order valence-electron chi connectivity index (χ0n) is 6.66. The molecule has 0 saturated heterocycles. The molecule has 1 aromatic heterocycles. The molecule has 2 heteroatoms. The number of hydrogen-bond donors (Lipinski definition) is 1. The molecule has 0 atom stereocenters. The SMILES string of the molecule is C1=CC(c2cc[o+]cc2)=CCN1. The zero-order valence-corrected chi connectivity index (χ0v) is 6.66. The first-order valence-corrected chi connectivity index (χ1v) is 3.93. The lowest BCUT2D eigenvalue weighted by molar-refractivity contribution is 0.549. The lowest BCUT2D eigenvalue weighted by atomic mass is 10.1. The Morgan fingerprint density at radius 3 is 2.75 bits per heavy atom. The monoisotopic (exact) mass is 160 g/mol. The second-order valence-corrected chi connectivity index (χ2v) is 2.60. The van der Waals surface area contributed by atoms with Crippen molar-refractivity contribution in [2.45, 2.75) is 0 Å². The summed E-state index contributed by atoms with van der Waals surface area (Å²) in [5.74, 6) is 0. The second-order valence-electron chi connectivity index (χ2n) is 2.60. The highest BCUT2D eigenvalue weighted by Crippen LogP contribution is 2.15. The van der Waals surface area contributed by atoms with Crippen molar-refractivity contribution in [2.75, 3.05) is 6.54 Å². The molecule has 0 unspecified atom stereocenters. The van der Waals surface area contributed by atoms with Crippen molar-refractivity contribution in [3.63, 3.8) is 0 Å². The fourth-order valence-corrected chi connectivity index (χ4v) is 1.19. The van der Waals surface area contributed by atoms with Crippen molar-refractivity contribution in [3.8, 4) is 0 Å². The van der Waals surface area contributed by atoms with E-state index in [0.717, 1.165) is 6.54 Å². The third-order valence-electron chi connectivity index (χ3n) is 1.81. The van der Waals surface area contributed by atoms with E-state index in [1.165, 1.54) is 11.1 Å². The van der Waals surface area contributed by atoms with Crippen LogP contribution in [0.15, 0.2) is 47.4 Å². The van der Waals surface area contributed by atoms with Gasteiger partial charge in [-0.2, -0.15) is 0 Å². The summed E-state index contributed by atoms with van der Waals surface area (Å²) in [6, 6.07) is 3.92. The van der Waals surface area contributed by atoms with E-state index in [9.17, 15) is 0 Å². The lowest BCUT2D eigenvalue weighted by Gasteiger charge is -2.06. The van der Waals surface area contributed by atoms with Gasteiger partial charge in [0.05, 0.1) is 0 Å². The topological polar surface area (TPSA) is 23.3 Å². The Hall–Kier alpha value is -1.57. The number of allylic oxidation sites excluding steroid dienone is 2. The molecule has 1 aliphatic heterocycles. The van der Waals surface area contributed by atoms with Gasteiger partial charge in [-0.05, 0) is 23.4 Å². The van der Waals surface area contributed by atoms with Gasteiger partial charge >= 0.3 is 12.5 Å². The number of rotatable bonds is 1. The van der Waals surface area contributed by atoms with Crippen molar-refractivity contribution in [1.29, 1.82) is 0 Å². The summed E-state index contributed by atoms with van der Waals surface area (Å²) < 4.78 is 4.94. The van der Waals surface area contributed by atoms with Gasteiger partial charge in [-0.25, -0.2) is 4.42 Å². The zero-order chi connectivity index (χ0) is 8.23. The van der Waals surface area contributed by atoms with Gasteiger partial charge in [-0.3, -0.25) is 0 Å². The highest BCUT2D eigenvalue weighted by molar-refractivity contribution is 5.74. The maximum Gasteiger partial charge on any atom is 0.318 e. The van der Waals surface area contributed by atoms with E-state index in [1.54, 1.807) is 12.5 Å². The van der Waals surface area contributed by atoms with Crippen LogP contribution >= 0.6 is 0 Å². The normalized spacial score (nSPS) is 15.2. The van der Waals surface area contributed by atoms with E-state index >= 15 is 0 Å². The first kappa shape index (κ1) is 7.10. The summed E-state index contributed by atoms with van der Waals surface area (Å²) in [4.78, 5) is 0. The molecule has 0 radical (unpaired) electrons. The third-order valence-corrected chi connectivity index (χ3v) is 1.81. The van der Waals surface area contributed by atoms with Crippen LogP contribution in [0.2, 0.25) is 0 Å². The average Bonchev–Trinajstić information content (AvgIpc) is 2.21. The van der Waals surface area contributed by atoms with Gasteiger partial charge in [0, 0.05) is 18.7 Å². The molecule has 2 rings (SSSR count). The summed E-state index contributed by atoms with van der Waals surface area (Å²) in [5, 5.41) is 3.10. The highest BCUT2D eigenvalue weighted by atomic mass is 16.3. The minimum Gasteiger partial charge on any atom is -0.387 e. The van der Waals surface area contributed by atoms with E-state index in [2.05, 4.69) is 17.5 Å². The van der Waals surface area contributed by atoms with Crippen molar-refractivity contribution >= 4 is 5.57 Å². The Kier molecular flexibility index (Phi) is 1.90. The lowest BCUT2D eigenvalue weighted by Crippen LogP contribution is -2.07. The first-order chi connectivity index (χ1) is 5.97. The molecule has 1 aliphatic rings. The smallest absolute Gasteiger partial charge is 0.318 e. The summed E-state index contributed by atoms with van der Waals surface area (Å²) in [6.07, 6.45) is 9.53. The molecule has 0 saturated carbocycles. The number of dihydropyridines is 1. The predicted molar refractivity (Wildman–Crippen MR) is 48.2 cm³/mol. The van der Waals surface area contributed by atoms with E-state index in [-0.39, 0.29) is 0 Å². The Morgan fingerprint density at radius 1 is 1.25 bits per heavy atom. The summed E-state index contributed by atoms with van der Waals surface area (Å²) in [7, 11) is 0. The van der Waals surface area contributed by atoms with Crippen LogP contribution in [0.1, 0.15) is 5.56 Å². The van der Waals surface area contributed by atoms with Crippen LogP contribution in [0.5, 0.6) is 0 Å². The Morgan fingerprint density at radius 2 is 2.08 bits per heavy atom. The molecule has 1 aromatic rings. The standard InChI is InChI=1S/C10H10NO/c1-5-11-6-2-9(1)10-3-7-12-8-4-10/h1-5,7-8,11H,6H2/q+1. The van der Waals surface area contributed by atoms with E-state index < -0.39 is 0 Å². The highest BCUT2D eigenvalue weighted by Gasteiger charge is 2.01. The molecule has 0 aliphatic carbocycles. The Balaban J connectivity index is 2.31. The van der Waals surface area contributed by atoms with Crippen LogP contribution in [0.25, 0.3) is 5.57 Å². The average molecular weight is 160 g/mol. The van der Waals surface area contributed by atoms with Gasteiger partial charge in [0.15, 0.2) is 0 Å². The van der Waals surface area contributed by atoms with Crippen molar-refractivity contribution in [2.24, 2.45) is 0 Å². The summed E-state index contributed by atoms with van der Waals surface area (Å²) in [5.41, 5.74) is 2.43. The van der Waals surface area contributed by atoms with Gasteiger partial charge in [0.25, 0.3) is 0 Å². The van der Waals surface area contributed by atoms with Gasteiger partial charge in [0.1, 0.15) is 0 Å². The van der Waals surface area contributed by atoms with Gasteiger partial charge in [-0.15, -0.1) is 0 Å². The summed E-state index contributed by atoms with van der Waals surface area (Å²) >= 11 is 0. The van der Waals surface area contributed by atoms with Crippen molar-refractivity contribution in [3.05, 3.63) is 48.6 Å². The minimum atomic E-state index is 0.901. The minimum absolute atomic E-state index is 0.901. The van der Waals surface area contributed by atoms with Gasteiger partial charge < -0.3 is 5.32 Å². The van der Waals surface area contributed by atoms with Crippen LogP contribution in [-0.2, 0) is 0 Å². The maximum atomic E-state index is 4.94. The Labute approximate surface area is 71.2 Å². The van der Waals surface area contributed by atoms with E-state index in [1.807, 2.05) is 18.3 Å². The summed E-state index contributed by atoms with van der Waals surface area (Å²) in [6.45, 7) is 0.901. The quantitative estimate of drug-likeness (QED) is 0.635. The fourth-order valence-electron chi connectivity index (χ4n) is 1.19. The first-order valence-electron chi connectivity index (χ1n) is 3.93. The molecular formula is C10H10NO+. The largest absolute Gasteiger partial charge is 0.387 e. The van der Waals surface area contributed by atoms with Crippen molar-refractivity contribution in [1.82, 2.24) is 5.32 Å². The van der Waals surface area contributed by atoms with Crippen molar-refractivity contribution < 1.29 is 4.42 Å². The van der Waals surface area contributed by atoms with Crippen LogP contribution < -0.4 is 5.32 Å². The van der Waals surface area contributed by atoms with E-state index in [0.29, 0.717) is 0 Å². The van der Waals surface area contributed by atoms with E-state index in [4.69, 9.17) is 4.42 Å². The fraction of sp³-hybridized carbons (Fsp3) is 0.100. The van der Waals surface area contributed by atoms with Gasteiger partial charge in [-0.1, -0.05) is 6.08 Å². The molecule has 0 bridgehead atoms. The molecular weight excluding hydrogens is 150 g/mol. The molecule has 12 heavy (non-hydrogen) atoms. The molecule has 60 valence electrons. The second kappa shape index (κ2) is 3.22. The van der Waals surface area contributed by atoms with Crippen LogP contribution in [-0.4, -0.2) is 6.54 Å². The molecule has 0 aromatic carbocycles. The maximum absolute atomic E-state index is 4.94. The molecule has 0 amide bonds. The number of nitrogens with one attached hydrogen (secondary N) is 1. The number of hydrogen-bond acceptors (Lipinski definition) is 1. The molecule has 2 nitrogen and oxygen atoms in total. The molecule has 2 heterocycles. The molecule has 0 spiro atoms. The third kappa shape index (κ3) is 1.37. The van der Waals surface area contributed by atoms with Crippen LogP contribution in [0.4, 0.5) is 0 Å². The predicted octanol–water partition coefficient (Wildman–Crippen LogP) is 2.06.